The van der Waals surface area contributed by atoms with Gasteiger partial charge in [0.15, 0.2) is 0 Å². The summed E-state index contributed by atoms with van der Waals surface area (Å²) in [4.78, 5) is 18.5. The SMILES string of the molecule is CCSc1ccccc1C(=O)Nc1sccc1-c1nc2ccccc2s1. The van der Waals surface area contributed by atoms with Gasteiger partial charge < -0.3 is 5.32 Å². The quantitative estimate of drug-likeness (QED) is 0.397. The maximum atomic E-state index is 12.8. The highest BCUT2D eigenvalue weighted by molar-refractivity contribution is 7.99. The minimum Gasteiger partial charge on any atom is -0.313 e. The van der Waals surface area contributed by atoms with Crippen LogP contribution in [0.25, 0.3) is 20.8 Å². The van der Waals surface area contributed by atoms with Crippen LogP contribution in [0.4, 0.5) is 5.00 Å². The summed E-state index contributed by atoms with van der Waals surface area (Å²) >= 11 is 4.85. The molecule has 2 aromatic heterocycles. The average molecular weight is 397 g/mol. The first-order chi connectivity index (χ1) is 12.8. The van der Waals surface area contributed by atoms with Crippen LogP contribution in [0.15, 0.2) is 64.9 Å². The van der Waals surface area contributed by atoms with Crippen LogP contribution in [-0.2, 0) is 0 Å². The molecule has 0 radical (unpaired) electrons. The number of hydrogen-bond donors (Lipinski definition) is 1. The van der Waals surface area contributed by atoms with E-state index in [0.717, 1.165) is 36.4 Å². The molecule has 4 rings (SSSR count). The zero-order chi connectivity index (χ0) is 17.9. The van der Waals surface area contributed by atoms with E-state index in [0.29, 0.717) is 5.56 Å². The first-order valence-electron chi connectivity index (χ1n) is 8.23. The highest BCUT2D eigenvalue weighted by Crippen LogP contribution is 2.38. The van der Waals surface area contributed by atoms with E-state index >= 15 is 0 Å². The van der Waals surface area contributed by atoms with Gasteiger partial charge in [-0.25, -0.2) is 4.98 Å². The number of para-hydroxylation sites is 1. The molecule has 0 saturated carbocycles. The summed E-state index contributed by atoms with van der Waals surface area (Å²) in [6, 6.07) is 17.8. The van der Waals surface area contributed by atoms with Crippen LogP contribution in [0.2, 0.25) is 0 Å². The maximum absolute atomic E-state index is 12.8. The Kier molecular flexibility index (Phi) is 5.06. The molecular formula is C20H16N2OS3. The number of anilines is 1. The van der Waals surface area contributed by atoms with E-state index in [1.807, 2.05) is 53.9 Å². The molecule has 4 aromatic rings. The molecule has 0 saturated heterocycles. The maximum Gasteiger partial charge on any atom is 0.257 e. The van der Waals surface area contributed by atoms with E-state index in [1.54, 1.807) is 23.1 Å². The molecule has 2 aromatic carbocycles. The van der Waals surface area contributed by atoms with Gasteiger partial charge in [-0.05, 0) is 41.5 Å². The Balaban J connectivity index is 1.64. The molecule has 3 nitrogen and oxygen atoms in total. The molecule has 0 fully saturated rings. The van der Waals surface area contributed by atoms with Gasteiger partial charge in [-0.2, -0.15) is 0 Å². The zero-order valence-electron chi connectivity index (χ0n) is 14.1. The molecule has 0 unspecified atom stereocenters. The van der Waals surface area contributed by atoms with Gasteiger partial charge in [0.2, 0.25) is 0 Å². The Hall–Kier alpha value is -2.15. The van der Waals surface area contributed by atoms with Crippen LogP contribution in [-0.4, -0.2) is 16.6 Å². The lowest BCUT2D eigenvalue weighted by molar-refractivity contribution is 0.102. The van der Waals surface area contributed by atoms with Gasteiger partial charge >= 0.3 is 0 Å². The third-order valence-electron chi connectivity index (χ3n) is 3.85. The number of hydrogen-bond acceptors (Lipinski definition) is 5. The second kappa shape index (κ2) is 7.61. The Morgan fingerprint density at radius 2 is 1.92 bits per heavy atom. The van der Waals surface area contributed by atoms with Crippen molar-refractivity contribution in [1.82, 2.24) is 4.98 Å². The fraction of sp³-hybridized carbons (Fsp3) is 0.100. The number of nitrogens with one attached hydrogen (secondary N) is 1. The molecule has 0 bridgehead atoms. The van der Waals surface area contributed by atoms with E-state index in [4.69, 9.17) is 4.98 Å². The van der Waals surface area contributed by atoms with Crippen molar-refractivity contribution in [3.63, 3.8) is 0 Å². The van der Waals surface area contributed by atoms with Crippen LogP contribution < -0.4 is 5.32 Å². The van der Waals surface area contributed by atoms with E-state index in [2.05, 4.69) is 18.3 Å². The molecule has 1 amide bonds. The number of thiazole rings is 1. The molecule has 0 aliphatic carbocycles. The van der Waals surface area contributed by atoms with Gasteiger partial charge in [0.1, 0.15) is 10.0 Å². The first kappa shape index (κ1) is 17.3. The van der Waals surface area contributed by atoms with Crippen molar-refractivity contribution in [2.24, 2.45) is 0 Å². The molecule has 0 atom stereocenters. The fourth-order valence-corrected chi connectivity index (χ4v) is 5.32. The summed E-state index contributed by atoms with van der Waals surface area (Å²) < 4.78 is 1.15. The van der Waals surface area contributed by atoms with Crippen molar-refractivity contribution in [2.75, 3.05) is 11.1 Å². The summed E-state index contributed by atoms with van der Waals surface area (Å²) in [5, 5.41) is 6.84. The molecule has 6 heteroatoms. The monoisotopic (exact) mass is 396 g/mol. The standard InChI is InChI=1S/C20H16N2OS3/c1-2-24-16-9-5-3-7-13(16)18(23)22-19-14(11-12-25-19)20-21-15-8-4-6-10-17(15)26-20/h3-12H,2H2,1H3,(H,22,23). The number of nitrogens with zero attached hydrogens (tertiary/aromatic N) is 1. The van der Waals surface area contributed by atoms with Crippen LogP contribution in [0.1, 0.15) is 17.3 Å². The smallest absolute Gasteiger partial charge is 0.257 e. The van der Waals surface area contributed by atoms with Crippen molar-refractivity contribution in [3.8, 4) is 10.6 Å². The molecular weight excluding hydrogens is 380 g/mol. The second-order valence-corrected chi connectivity index (χ2v) is 8.79. The number of fused-ring (bicyclic) bond motifs is 1. The number of aromatic nitrogens is 1. The highest BCUT2D eigenvalue weighted by atomic mass is 32.2. The lowest BCUT2D eigenvalue weighted by Gasteiger charge is -2.09. The van der Waals surface area contributed by atoms with E-state index in [1.165, 1.54) is 11.3 Å². The van der Waals surface area contributed by atoms with Crippen molar-refractivity contribution < 1.29 is 4.79 Å². The van der Waals surface area contributed by atoms with Crippen molar-refractivity contribution in [1.29, 1.82) is 0 Å². The minimum absolute atomic E-state index is 0.0774. The summed E-state index contributed by atoms with van der Waals surface area (Å²) in [5.41, 5.74) is 2.67. The Morgan fingerprint density at radius 3 is 2.77 bits per heavy atom. The summed E-state index contributed by atoms with van der Waals surface area (Å²) in [7, 11) is 0. The van der Waals surface area contributed by atoms with Gasteiger partial charge in [-0.15, -0.1) is 34.4 Å². The zero-order valence-corrected chi connectivity index (χ0v) is 16.5. The number of carbonyl (C=O) groups excluding carboxylic acids is 1. The number of amides is 1. The topological polar surface area (TPSA) is 42.0 Å². The molecule has 130 valence electrons. The third kappa shape index (κ3) is 3.40. The van der Waals surface area contributed by atoms with Gasteiger partial charge in [0.25, 0.3) is 5.91 Å². The number of thiophene rings is 1. The first-order valence-corrected chi connectivity index (χ1v) is 10.9. The number of carbonyl (C=O) groups is 1. The Morgan fingerprint density at radius 1 is 1.12 bits per heavy atom. The summed E-state index contributed by atoms with van der Waals surface area (Å²) in [6.45, 7) is 2.09. The summed E-state index contributed by atoms with van der Waals surface area (Å²) in [6.07, 6.45) is 0. The second-order valence-electron chi connectivity index (χ2n) is 5.53. The highest BCUT2D eigenvalue weighted by Gasteiger charge is 2.16. The number of thioether (sulfide) groups is 1. The van der Waals surface area contributed by atoms with Crippen LogP contribution >= 0.6 is 34.4 Å². The van der Waals surface area contributed by atoms with Crippen molar-refractivity contribution >= 4 is 55.6 Å². The van der Waals surface area contributed by atoms with Gasteiger partial charge in [0.05, 0.1) is 15.8 Å². The van der Waals surface area contributed by atoms with Gasteiger partial charge in [-0.1, -0.05) is 31.2 Å². The van der Waals surface area contributed by atoms with Crippen molar-refractivity contribution in [3.05, 3.63) is 65.5 Å². The average Bonchev–Trinajstić information content (AvgIpc) is 3.28. The normalized spacial score (nSPS) is 11.0. The largest absolute Gasteiger partial charge is 0.313 e. The van der Waals surface area contributed by atoms with Gasteiger partial charge in [0, 0.05) is 10.5 Å². The predicted molar refractivity (Wildman–Crippen MR) is 114 cm³/mol. The molecule has 0 aliphatic rings. The predicted octanol–water partition coefficient (Wildman–Crippen LogP) is 6.39. The molecule has 1 N–H and O–H groups in total. The molecule has 0 aliphatic heterocycles. The number of benzene rings is 2. The molecule has 2 heterocycles. The van der Waals surface area contributed by atoms with Crippen LogP contribution in [0.3, 0.4) is 0 Å². The Labute approximate surface area is 164 Å². The number of rotatable bonds is 5. The molecule has 26 heavy (non-hydrogen) atoms. The van der Waals surface area contributed by atoms with Crippen molar-refractivity contribution in [2.45, 2.75) is 11.8 Å². The minimum atomic E-state index is -0.0774. The Bertz CT molecular complexity index is 1030. The van der Waals surface area contributed by atoms with E-state index < -0.39 is 0 Å². The molecule has 0 spiro atoms. The fourth-order valence-electron chi connectivity index (χ4n) is 2.67. The lowest BCUT2D eigenvalue weighted by Crippen LogP contribution is -2.12. The lowest BCUT2D eigenvalue weighted by atomic mass is 10.2. The van der Waals surface area contributed by atoms with Crippen LogP contribution in [0.5, 0.6) is 0 Å². The van der Waals surface area contributed by atoms with E-state index in [9.17, 15) is 4.79 Å². The summed E-state index contributed by atoms with van der Waals surface area (Å²) in [5.74, 6) is 0.853. The van der Waals surface area contributed by atoms with E-state index in [-0.39, 0.29) is 5.91 Å². The third-order valence-corrected chi connectivity index (χ3v) is 6.70. The van der Waals surface area contributed by atoms with Gasteiger partial charge in [-0.3, -0.25) is 4.79 Å². The van der Waals surface area contributed by atoms with Crippen LogP contribution in [0, 0.1) is 0 Å².